The Hall–Kier alpha value is -0.820. The fourth-order valence-electron chi connectivity index (χ4n) is 1.31. The number of rotatable bonds is 6. The van der Waals surface area contributed by atoms with Crippen molar-refractivity contribution in [3.05, 3.63) is 0 Å². The summed E-state index contributed by atoms with van der Waals surface area (Å²) in [6, 6.07) is 0. The van der Waals surface area contributed by atoms with Gasteiger partial charge in [0.2, 0.25) is 10.0 Å². The zero-order chi connectivity index (χ0) is 11.3. The molecule has 1 fully saturated rings. The van der Waals surface area contributed by atoms with Crippen LogP contribution < -0.4 is 16.2 Å². The first-order valence-electron chi connectivity index (χ1n) is 5.02. The molecule has 0 amide bonds. The average molecular weight is 234 g/mol. The third kappa shape index (κ3) is 4.98. The molecule has 0 bridgehead atoms. The summed E-state index contributed by atoms with van der Waals surface area (Å²) in [7, 11) is -3.22. The number of guanidine groups is 1. The highest BCUT2D eigenvalue weighted by atomic mass is 32.2. The lowest BCUT2D eigenvalue weighted by atomic mass is 9.86. The summed E-state index contributed by atoms with van der Waals surface area (Å²) in [4.78, 5) is 3.62. The van der Waals surface area contributed by atoms with Crippen LogP contribution in [0.25, 0.3) is 0 Å². The number of sulfonamides is 1. The van der Waals surface area contributed by atoms with E-state index in [9.17, 15) is 8.42 Å². The van der Waals surface area contributed by atoms with Crippen LogP contribution in [0.3, 0.4) is 0 Å². The molecule has 0 aliphatic heterocycles. The molecule has 0 unspecified atom stereocenters. The van der Waals surface area contributed by atoms with Gasteiger partial charge in [-0.25, -0.2) is 13.1 Å². The van der Waals surface area contributed by atoms with Crippen LogP contribution in [-0.4, -0.2) is 33.2 Å². The minimum Gasteiger partial charge on any atom is -0.370 e. The van der Waals surface area contributed by atoms with Crippen LogP contribution in [0.1, 0.15) is 19.3 Å². The first-order chi connectivity index (χ1) is 6.99. The molecule has 0 aromatic carbocycles. The van der Waals surface area contributed by atoms with E-state index in [0.29, 0.717) is 12.5 Å². The molecule has 1 rings (SSSR count). The molecule has 0 radical (unpaired) electrons. The lowest BCUT2D eigenvalue weighted by Gasteiger charge is -2.25. The summed E-state index contributed by atoms with van der Waals surface area (Å²) in [5.41, 5.74) is 10.2. The van der Waals surface area contributed by atoms with Gasteiger partial charge in [-0.05, 0) is 18.8 Å². The van der Waals surface area contributed by atoms with Gasteiger partial charge < -0.3 is 11.5 Å². The Labute approximate surface area is 90.2 Å². The molecule has 1 saturated carbocycles. The first-order valence-corrected chi connectivity index (χ1v) is 6.67. The van der Waals surface area contributed by atoms with Crippen LogP contribution >= 0.6 is 0 Å². The van der Waals surface area contributed by atoms with Gasteiger partial charge in [0, 0.05) is 6.54 Å². The normalized spacial score (nSPS) is 17.1. The van der Waals surface area contributed by atoms with Crippen molar-refractivity contribution in [1.82, 2.24) is 4.72 Å². The minimum absolute atomic E-state index is 0.0579. The van der Waals surface area contributed by atoms with E-state index >= 15 is 0 Å². The highest BCUT2D eigenvalue weighted by molar-refractivity contribution is 7.89. The topological polar surface area (TPSA) is 111 Å². The molecule has 6 nitrogen and oxygen atoms in total. The Kier molecular flexibility index (Phi) is 4.34. The maximum absolute atomic E-state index is 11.4. The summed E-state index contributed by atoms with van der Waals surface area (Å²) in [5, 5.41) is 0. The molecule has 5 N–H and O–H groups in total. The van der Waals surface area contributed by atoms with Crippen LogP contribution in [0.15, 0.2) is 4.99 Å². The lowest BCUT2D eigenvalue weighted by molar-refractivity contribution is 0.316. The Balaban J connectivity index is 2.22. The van der Waals surface area contributed by atoms with Crippen molar-refractivity contribution >= 4 is 16.0 Å². The number of nitrogens with one attached hydrogen (secondary N) is 1. The molecule has 88 valence electrons. The average Bonchev–Trinajstić information content (AvgIpc) is 1.99. The second-order valence-corrected chi connectivity index (χ2v) is 5.70. The number of hydrogen-bond acceptors (Lipinski definition) is 3. The largest absolute Gasteiger partial charge is 0.370 e. The van der Waals surface area contributed by atoms with Crippen molar-refractivity contribution in [2.24, 2.45) is 22.4 Å². The minimum atomic E-state index is -3.22. The summed E-state index contributed by atoms with van der Waals surface area (Å²) < 4.78 is 25.3. The van der Waals surface area contributed by atoms with Crippen molar-refractivity contribution in [3.63, 3.8) is 0 Å². The predicted molar refractivity (Wildman–Crippen MR) is 59.8 cm³/mol. The Morgan fingerprint density at radius 3 is 2.53 bits per heavy atom. The molecule has 0 saturated heterocycles. The molecule has 1 aliphatic rings. The fraction of sp³-hybridized carbons (Fsp3) is 0.875. The monoisotopic (exact) mass is 234 g/mol. The standard InChI is InChI=1S/C8H18N4O2S/c9-8(10)11-4-5-15(13,14)12-6-7-2-1-3-7/h7,12H,1-6H2,(H4,9,10,11). The fourth-order valence-corrected chi connectivity index (χ4v) is 2.27. The summed E-state index contributed by atoms with van der Waals surface area (Å²) in [5.74, 6) is 0.379. The van der Waals surface area contributed by atoms with Crippen molar-refractivity contribution in [2.45, 2.75) is 19.3 Å². The van der Waals surface area contributed by atoms with Crippen LogP contribution in [0.5, 0.6) is 0 Å². The summed E-state index contributed by atoms with van der Waals surface area (Å²) >= 11 is 0. The Bertz CT molecular complexity index is 318. The number of nitrogens with two attached hydrogens (primary N) is 2. The number of hydrogen-bond donors (Lipinski definition) is 3. The third-order valence-electron chi connectivity index (χ3n) is 2.47. The van der Waals surface area contributed by atoms with Gasteiger partial charge in [-0.3, -0.25) is 4.99 Å². The zero-order valence-electron chi connectivity index (χ0n) is 8.65. The van der Waals surface area contributed by atoms with Gasteiger partial charge in [0.05, 0.1) is 12.3 Å². The van der Waals surface area contributed by atoms with Crippen LogP contribution in [0.2, 0.25) is 0 Å². The van der Waals surface area contributed by atoms with Crippen LogP contribution in [0.4, 0.5) is 0 Å². The molecule has 7 heteroatoms. The molecule has 0 aromatic heterocycles. The van der Waals surface area contributed by atoms with Crippen molar-refractivity contribution < 1.29 is 8.42 Å². The molecule has 0 spiro atoms. The second kappa shape index (κ2) is 5.32. The van der Waals surface area contributed by atoms with Gasteiger partial charge in [0.1, 0.15) is 0 Å². The Morgan fingerprint density at radius 1 is 1.40 bits per heavy atom. The second-order valence-electron chi connectivity index (χ2n) is 3.77. The van der Waals surface area contributed by atoms with Crippen molar-refractivity contribution in [3.8, 4) is 0 Å². The summed E-state index contributed by atoms with van der Waals surface area (Å²) in [6.45, 7) is 0.659. The van der Waals surface area contributed by atoms with E-state index in [1.807, 2.05) is 0 Å². The molecule has 1 aliphatic carbocycles. The van der Waals surface area contributed by atoms with E-state index in [2.05, 4.69) is 9.71 Å². The third-order valence-corrected chi connectivity index (χ3v) is 3.80. The maximum atomic E-state index is 11.4. The van der Waals surface area contributed by atoms with E-state index in [-0.39, 0.29) is 18.3 Å². The van der Waals surface area contributed by atoms with E-state index in [4.69, 9.17) is 11.5 Å². The quantitative estimate of drug-likeness (QED) is 0.403. The molecular weight excluding hydrogens is 216 g/mol. The van der Waals surface area contributed by atoms with Crippen LogP contribution in [0, 0.1) is 5.92 Å². The first kappa shape index (κ1) is 12.3. The molecule has 0 heterocycles. The number of nitrogens with zero attached hydrogens (tertiary/aromatic N) is 1. The lowest BCUT2D eigenvalue weighted by Crippen LogP contribution is -2.34. The smallest absolute Gasteiger partial charge is 0.213 e. The van der Waals surface area contributed by atoms with Crippen molar-refractivity contribution in [2.75, 3.05) is 18.8 Å². The van der Waals surface area contributed by atoms with Gasteiger partial charge >= 0.3 is 0 Å². The summed E-state index contributed by atoms with van der Waals surface area (Å²) in [6.07, 6.45) is 3.45. The van der Waals surface area contributed by atoms with Crippen molar-refractivity contribution in [1.29, 1.82) is 0 Å². The maximum Gasteiger partial charge on any atom is 0.213 e. The van der Waals surface area contributed by atoms with E-state index < -0.39 is 10.0 Å². The molecule has 15 heavy (non-hydrogen) atoms. The highest BCUT2D eigenvalue weighted by Crippen LogP contribution is 2.25. The molecule has 0 atom stereocenters. The van der Waals surface area contributed by atoms with Gasteiger partial charge in [-0.1, -0.05) is 6.42 Å². The highest BCUT2D eigenvalue weighted by Gasteiger charge is 2.19. The van der Waals surface area contributed by atoms with Gasteiger partial charge in [0.25, 0.3) is 0 Å². The van der Waals surface area contributed by atoms with E-state index in [1.54, 1.807) is 0 Å². The number of aliphatic imine (C=N–C) groups is 1. The Morgan fingerprint density at radius 2 is 2.07 bits per heavy atom. The van der Waals surface area contributed by atoms with Gasteiger partial charge in [-0.2, -0.15) is 0 Å². The van der Waals surface area contributed by atoms with Gasteiger partial charge in [0.15, 0.2) is 5.96 Å². The van der Waals surface area contributed by atoms with Gasteiger partial charge in [-0.15, -0.1) is 0 Å². The van der Waals surface area contributed by atoms with Crippen LogP contribution in [-0.2, 0) is 10.0 Å². The molecule has 0 aromatic rings. The zero-order valence-corrected chi connectivity index (χ0v) is 9.46. The predicted octanol–water partition coefficient (Wildman–Crippen LogP) is -1.02. The molecular formula is C8H18N4O2S. The van der Waals surface area contributed by atoms with E-state index in [0.717, 1.165) is 12.8 Å². The van der Waals surface area contributed by atoms with E-state index in [1.165, 1.54) is 6.42 Å². The SMILES string of the molecule is NC(N)=NCCS(=O)(=O)NCC1CCC1.